The van der Waals surface area contributed by atoms with E-state index >= 15 is 0 Å². The van der Waals surface area contributed by atoms with Crippen LogP contribution in [0.15, 0.2) is 24.3 Å². The zero-order chi connectivity index (χ0) is 13.0. The number of nitrogens with zero attached hydrogens (tertiary/aromatic N) is 1. The van der Waals surface area contributed by atoms with E-state index in [0.717, 1.165) is 18.7 Å². The van der Waals surface area contributed by atoms with Crippen LogP contribution in [0, 0.1) is 6.92 Å². The van der Waals surface area contributed by atoms with Crippen molar-refractivity contribution in [3.8, 4) is 0 Å². The summed E-state index contributed by atoms with van der Waals surface area (Å²) in [6.45, 7) is 4.72. The quantitative estimate of drug-likeness (QED) is 0.777. The minimum atomic E-state index is -0.157. The molecule has 96 valence electrons. The van der Waals surface area contributed by atoms with Crippen molar-refractivity contribution in [2.45, 2.75) is 6.92 Å². The Morgan fingerprint density at radius 2 is 2.11 bits per heavy atom. The molecule has 1 aliphatic heterocycles. The molecule has 1 fully saturated rings. The summed E-state index contributed by atoms with van der Waals surface area (Å²) in [5.41, 5.74) is 1.69. The van der Waals surface area contributed by atoms with Crippen LogP contribution in [0.2, 0.25) is 0 Å². The number of hydrogen-bond donors (Lipinski definition) is 1. The maximum atomic E-state index is 12.0. The number of benzene rings is 1. The molecule has 0 bridgehead atoms. The van der Waals surface area contributed by atoms with Crippen molar-refractivity contribution in [2.75, 3.05) is 26.3 Å². The third-order valence-corrected chi connectivity index (χ3v) is 3.16. The number of carbonyl (C=O) groups excluding carboxylic acids is 1. The number of ether oxygens (including phenoxy) is 1. The van der Waals surface area contributed by atoms with Crippen molar-refractivity contribution in [3.05, 3.63) is 35.4 Å². The van der Waals surface area contributed by atoms with Crippen LogP contribution in [0.5, 0.6) is 0 Å². The molecule has 0 aromatic heterocycles. The van der Waals surface area contributed by atoms with E-state index in [1.807, 2.05) is 30.0 Å². The Balaban J connectivity index is 1.96. The van der Waals surface area contributed by atoms with Crippen LogP contribution in [-0.4, -0.2) is 42.2 Å². The van der Waals surface area contributed by atoms with Crippen LogP contribution >= 0.6 is 12.2 Å². The first-order valence-electron chi connectivity index (χ1n) is 5.91. The standard InChI is InChI=1S/C13H16N2O2S/c1-10-3-2-4-11(9-10)12(16)14-13(18)15-5-7-17-8-6-15/h2-4,9H,5-8H2,1H3,(H,14,16,18). The first-order chi connectivity index (χ1) is 8.66. The lowest BCUT2D eigenvalue weighted by molar-refractivity contribution is 0.0669. The summed E-state index contributed by atoms with van der Waals surface area (Å²) in [6.07, 6.45) is 0. The Labute approximate surface area is 112 Å². The molecule has 0 atom stereocenters. The number of carbonyl (C=O) groups is 1. The van der Waals surface area contributed by atoms with Gasteiger partial charge in [0.2, 0.25) is 0 Å². The SMILES string of the molecule is Cc1cccc(C(=O)NC(=S)N2CCOCC2)c1. The number of morpholine rings is 1. The van der Waals surface area contributed by atoms with Gasteiger partial charge in [-0.3, -0.25) is 10.1 Å². The normalized spacial score (nSPS) is 15.3. The van der Waals surface area contributed by atoms with Gasteiger partial charge in [-0.05, 0) is 31.3 Å². The molecule has 4 nitrogen and oxygen atoms in total. The highest BCUT2D eigenvalue weighted by atomic mass is 32.1. The van der Waals surface area contributed by atoms with E-state index in [4.69, 9.17) is 17.0 Å². The molecular formula is C13H16N2O2S. The van der Waals surface area contributed by atoms with Crippen LogP contribution in [0.25, 0.3) is 0 Å². The number of hydrogen-bond acceptors (Lipinski definition) is 3. The van der Waals surface area contributed by atoms with Gasteiger partial charge in [0.05, 0.1) is 13.2 Å². The zero-order valence-electron chi connectivity index (χ0n) is 10.3. The van der Waals surface area contributed by atoms with Crippen LogP contribution in [0.1, 0.15) is 15.9 Å². The minimum Gasteiger partial charge on any atom is -0.378 e. The summed E-state index contributed by atoms with van der Waals surface area (Å²) in [4.78, 5) is 13.9. The predicted octanol–water partition coefficient (Wildman–Crippen LogP) is 1.34. The summed E-state index contributed by atoms with van der Waals surface area (Å²) < 4.78 is 5.24. The first kappa shape index (κ1) is 13.0. The molecule has 18 heavy (non-hydrogen) atoms. The van der Waals surface area contributed by atoms with Gasteiger partial charge in [-0.25, -0.2) is 0 Å². The average molecular weight is 264 g/mol. The third kappa shape index (κ3) is 3.27. The van der Waals surface area contributed by atoms with Crippen LogP contribution in [-0.2, 0) is 4.74 Å². The van der Waals surface area contributed by atoms with Gasteiger partial charge in [-0.1, -0.05) is 17.7 Å². The number of nitrogens with one attached hydrogen (secondary N) is 1. The Kier molecular flexibility index (Phi) is 4.28. The first-order valence-corrected chi connectivity index (χ1v) is 6.32. The monoisotopic (exact) mass is 264 g/mol. The van der Waals surface area contributed by atoms with E-state index in [2.05, 4.69) is 5.32 Å². The van der Waals surface area contributed by atoms with Crippen molar-refractivity contribution in [3.63, 3.8) is 0 Å². The fraction of sp³-hybridized carbons (Fsp3) is 0.385. The number of rotatable bonds is 1. The Bertz CT molecular complexity index is 456. The van der Waals surface area contributed by atoms with Crippen molar-refractivity contribution in [1.82, 2.24) is 10.2 Å². The van der Waals surface area contributed by atoms with E-state index in [1.54, 1.807) is 6.07 Å². The second-order valence-corrected chi connectivity index (χ2v) is 4.61. The molecule has 1 aromatic carbocycles. The van der Waals surface area contributed by atoms with Crippen molar-refractivity contribution < 1.29 is 9.53 Å². The third-order valence-electron chi connectivity index (χ3n) is 2.80. The Hall–Kier alpha value is -1.46. The average Bonchev–Trinajstić information content (AvgIpc) is 2.39. The van der Waals surface area contributed by atoms with E-state index in [0.29, 0.717) is 23.9 Å². The molecule has 1 heterocycles. The maximum Gasteiger partial charge on any atom is 0.257 e. The topological polar surface area (TPSA) is 41.6 Å². The second kappa shape index (κ2) is 5.93. The Morgan fingerprint density at radius 1 is 1.39 bits per heavy atom. The molecule has 0 unspecified atom stereocenters. The highest BCUT2D eigenvalue weighted by molar-refractivity contribution is 7.80. The lowest BCUT2D eigenvalue weighted by Gasteiger charge is -2.28. The number of thiocarbonyl (C=S) groups is 1. The Morgan fingerprint density at radius 3 is 2.78 bits per heavy atom. The van der Waals surface area contributed by atoms with Gasteiger partial charge in [-0.15, -0.1) is 0 Å². The summed E-state index contributed by atoms with van der Waals surface area (Å²) in [5, 5.41) is 3.23. The lowest BCUT2D eigenvalue weighted by atomic mass is 10.1. The van der Waals surface area contributed by atoms with Crippen LogP contribution in [0.3, 0.4) is 0 Å². The van der Waals surface area contributed by atoms with Gasteiger partial charge in [0, 0.05) is 18.7 Å². The minimum absolute atomic E-state index is 0.157. The number of aryl methyl sites for hydroxylation is 1. The van der Waals surface area contributed by atoms with E-state index in [-0.39, 0.29) is 5.91 Å². The molecule has 1 saturated heterocycles. The molecule has 1 N–H and O–H groups in total. The van der Waals surface area contributed by atoms with Crippen LogP contribution in [0.4, 0.5) is 0 Å². The fourth-order valence-corrected chi connectivity index (χ4v) is 2.08. The maximum absolute atomic E-state index is 12.0. The number of amides is 1. The molecule has 2 rings (SSSR count). The van der Waals surface area contributed by atoms with Crippen molar-refractivity contribution in [1.29, 1.82) is 0 Å². The molecule has 0 saturated carbocycles. The molecule has 1 aliphatic rings. The van der Waals surface area contributed by atoms with E-state index in [9.17, 15) is 4.79 Å². The summed E-state index contributed by atoms with van der Waals surface area (Å²) in [7, 11) is 0. The molecule has 5 heteroatoms. The second-order valence-electron chi connectivity index (χ2n) is 4.23. The molecule has 0 aliphatic carbocycles. The highest BCUT2D eigenvalue weighted by Crippen LogP contribution is 2.04. The lowest BCUT2D eigenvalue weighted by Crippen LogP contribution is -2.47. The summed E-state index contributed by atoms with van der Waals surface area (Å²) in [6, 6.07) is 7.45. The zero-order valence-corrected chi connectivity index (χ0v) is 11.1. The van der Waals surface area contributed by atoms with Gasteiger partial charge < -0.3 is 9.64 Å². The smallest absolute Gasteiger partial charge is 0.257 e. The van der Waals surface area contributed by atoms with Gasteiger partial charge in [0.25, 0.3) is 5.91 Å². The molecule has 1 aromatic rings. The summed E-state index contributed by atoms with van der Waals surface area (Å²) in [5.74, 6) is -0.157. The van der Waals surface area contributed by atoms with Gasteiger partial charge in [0.1, 0.15) is 0 Å². The van der Waals surface area contributed by atoms with Crippen molar-refractivity contribution in [2.24, 2.45) is 0 Å². The summed E-state index contributed by atoms with van der Waals surface area (Å²) >= 11 is 5.22. The molecule has 0 spiro atoms. The predicted molar refractivity (Wildman–Crippen MR) is 73.6 cm³/mol. The molecular weight excluding hydrogens is 248 g/mol. The van der Waals surface area contributed by atoms with E-state index < -0.39 is 0 Å². The molecule has 1 amide bonds. The largest absolute Gasteiger partial charge is 0.378 e. The highest BCUT2D eigenvalue weighted by Gasteiger charge is 2.16. The van der Waals surface area contributed by atoms with Crippen molar-refractivity contribution >= 4 is 23.2 Å². The van der Waals surface area contributed by atoms with Gasteiger partial charge in [0.15, 0.2) is 5.11 Å². The molecule has 0 radical (unpaired) electrons. The van der Waals surface area contributed by atoms with Gasteiger partial charge >= 0.3 is 0 Å². The van der Waals surface area contributed by atoms with Gasteiger partial charge in [-0.2, -0.15) is 0 Å². The van der Waals surface area contributed by atoms with E-state index in [1.165, 1.54) is 0 Å². The fourth-order valence-electron chi connectivity index (χ4n) is 1.80. The van der Waals surface area contributed by atoms with Crippen LogP contribution < -0.4 is 5.32 Å².